The Kier molecular flexibility index (Phi) is 3.36. The first-order valence-electron chi connectivity index (χ1n) is 3.62. The Hall–Kier alpha value is -0.970. The highest BCUT2D eigenvalue weighted by atomic mass is 35.5. The quantitative estimate of drug-likeness (QED) is 0.652. The minimum atomic E-state index is -0.0810. The lowest BCUT2D eigenvalue weighted by atomic mass is 10.2. The van der Waals surface area contributed by atoms with E-state index in [0.717, 1.165) is 0 Å². The monoisotopic (exact) mass is 203 g/mol. The van der Waals surface area contributed by atoms with Crippen LogP contribution in [0.3, 0.4) is 0 Å². The van der Waals surface area contributed by atoms with E-state index in [1.54, 1.807) is 12.1 Å². The van der Waals surface area contributed by atoms with E-state index in [1.807, 2.05) is 5.48 Å². The van der Waals surface area contributed by atoms with Crippen LogP contribution in [0.4, 0.5) is 0 Å². The molecule has 0 bridgehead atoms. The molecule has 0 unspecified atom stereocenters. The average Bonchev–Trinajstić information content (AvgIpc) is 2.14. The maximum absolute atomic E-state index is 9.48. The molecule has 0 aliphatic carbocycles. The molecule has 4 nitrogen and oxygen atoms in total. The van der Waals surface area contributed by atoms with Crippen molar-refractivity contribution in [1.29, 1.82) is 0 Å². The molecular weight excluding hydrogens is 194 g/mol. The number of methoxy groups -OCH3 is 1. The maximum Gasteiger partial charge on any atom is 0.142 e. The van der Waals surface area contributed by atoms with E-state index in [9.17, 15) is 5.11 Å². The number of ether oxygens (including phenoxy) is 1. The van der Waals surface area contributed by atoms with Gasteiger partial charge in [0.1, 0.15) is 16.5 Å². The van der Waals surface area contributed by atoms with Gasteiger partial charge in [0, 0.05) is 12.1 Å². The lowest BCUT2D eigenvalue weighted by Crippen LogP contribution is -2.06. The molecule has 3 N–H and O–H groups in total. The largest absolute Gasteiger partial charge is 0.506 e. The summed E-state index contributed by atoms with van der Waals surface area (Å²) in [6.45, 7) is 0.134. The van der Waals surface area contributed by atoms with Gasteiger partial charge in [-0.05, 0) is 6.07 Å². The molecule has 0 saturated carbocycles. The fourth-order valence-electron chi connectivity index (χ4n) is 0.972. The topological polar surface area (TPSA) is 61.7 Å². The highest BCUT2D eigenvalue weighted by Gasteiger charge is 2.10. The summed E-state index contributed by atoms with van der Waals surface area (Å²) < 4.78 is 4.88. The predicted octanol–water partition coefficient (Wildman–Crippen LogP) is 1.53. The van der Waals surface area contributed by atoms with E-state index >= 15 is 0 Å². The Morgan fingerprint density at radius 3 is 2.77 bits per heavy atom. The molecule has 0 aliphatic rings. The van der Waals surface area contributed by atoms with Crippen LogP contribution in [0.2, 0.25) is 5.02 Å². The zero-order valence-electron chi connectivity index (χ0n) is 7.04. The Morgan fingerprint density at radius 1 is 1.54 bits per heavy atom. The van der Waals surface area contributed by atoms with Gasteiger partial charge in [-0.15, -0.1) is 0 Å². The number of hydrogen-bond acceptors (Lipinski definition) is 4. The summed E-state index contributed by atoms with van der Waals surface area (Å²) in [6.07, 6.45) is 0. The van der Waals surface area contributed by atoms with Gasteiger partial charge in [-0.25, -0.2) is 5.48 Å². The van der Waals surface area contributed by atoms with Gasteiger partial charge in [-0.2, -0.15) is 0 Å². The summed E-state index contributed by atoms with van der Waals surface area (Å²) in [5.74, 6) is 0.323. The highest BCUT2D eigenvalue weighted by Crippen LogP contribution is 2.35. The third-order valence-electron chi connectivity index (χ3n) is 1.65. The van der Waals surface area contributed by atoms with Crippen LogP contribution >= 0.6 is 11.6 Å². The van der Waals surface area contributed by atoms with Crippen LogP contribution in [-0.4, -0.2) is 17.4 Å². The summed E-state index contributed by atoms with van der Waals surface area (Å²) >= 11 is 5.75. The standard InChI is InChI=1S/C8H10ClNO3/c1-13-6-3-2-5(4-10-12)8(11)7(6)9/h2-3,10-12H,4H2,1H3. The van der Waals surface area contributed by atoms with Gasteiger partial charge in [-0.3, -0.25) is 0 Å². The maximum atomic E-state index is 9.48. The first kappa shape index (κ1) is 10.1. The minimum absolute atomic E-state index is 0.0810. The van der Waals surface area contributed by atoms with Gasteiger partial charge < -0.3 is 15.1 Å². The van der Waals surface area contributed by atoms with Gasteiger partial charge in [0.2, 0.25) is 0 Å². The molecule has 72 valence electrons. The molecular formula is C8H10ClNO3. The lowest BCUT2D eigenvalue weighted by Gasteiger charge is -2.08. The molecule has 0 atom stereocenters. The molecule has 0 saturated heterocycles. The fourth-order valence-corrected chi connectivity index (χ4v) is 1.23. The molecule has 1 aromatic carbocycles. The number of aromatic hydroxyl groups is 1. The normalized spacial score (nSPS) is 10.1. The Bertz CT molecular complexity index is 304. The molecule has 5 heteroatoms. The first-order valence-corrected chi connectivity index (χ1v) is 3.99. The summed E-state index contributed by atoms with van der Waals surface area (Å²) in [7, 11) is 1.46. The third-order valence-corrected chi connectivity index (χ3v) is 2.02. The van der Waals surface area contributed by atoms with Crippen molar-refractivity contribution in [3.63, 3.8) is 0 Å². The summed E-state index contributed by atoms with van der Waals surface area (Å²) in [5, 5.41) is 18.1. The Morgan fingerprint density at radius 2 is 2.23 bits per heavy atom. The molecule has 0 aliphatic heterocycles. The molecule has 0 radical (unpaired) electrons. The minimum Gasteiger partial charge on any atom is -0.506 e. The van der Waals surface area contributed by atoms with Crippen molar-refractivity contribution in [2.45, 2.75) is 6.54 Å². The second-order valence-electron chi connectivity index (χ2n) is 2.42. The van der Waals surface area contributed by atoms with Crippen molar-refractivity contribution in [2.75, 3.05) is 7.11 Å². The van der Waals surface area contributed by atoms with Crippen LogP contribution in [0.25, 0.3) is 0 Å². The number of hydrogen-bond donors (Lipinski definition) is 3. The molecule has 1 aromatic rings. The molecule has 13 heavy (non-hydrogen) atoms. The highest BCUT2D eigenvalue weighted by molar-refractivity contribution is 6.33. The van der Waals surface area contributed by atoms with Crippen LogP contribution < -0.4 is 10.2 Å². The van der Waals surface area contributed by atoms with Crippen molar-refractivity contribution >= 4 is 11.6 Å². The van der Waals surface area contributed by atoms with Crippen molar-refractivity contribution < 1.29 is 15.1 Å². The second-order valence-corrected chi connectivity index (χ2v) is 2.80. The summed E-state index contributed by atoms with van der Waals surface area (Å²) in [4.78, 5) is 0. The van der Waals surface area contributed by atoms with Crippen molar-refractivity contribution in [2.24, 2.45) is 0 Å². The molecule has 0 fully saturated rings. The van der Waals surface area contributed by atoms with Crippen LogP contribution in [-0.2, 0) is 6.54 Å². The smallest absolute Gasteiger partial charge is 0.142 e. The molecule has 0 amide bonds. The Balaban J connectivity index is 3.07. The molecule has 0 aromatic heterocycles. The van der Waals surface area contributed by atoms with Crippen molar-refractivity contribution in [3.05, 3.63) is 22.7 Å². The fraction of sp³-hybridized carbons (Fsp3) is 0.250. The zero-order chi connectivity index (χ0) is 9.84. The summed E-state index contributed by atoms with van der Waals surface area (Å²) in [6, 6.07) is 3.23. The van der Waals surface area contributed by atoms with Gasteiger partial charge in [0.25, 0.3) is 0 Å². The third kappa shape index (κ3) is 2.03. The van der Waals surface area contributed by atoms with E-state index < -0.39 is 0 Å². The number of phenols is 1. The summed E-state index contributed by atoms with van der Waals surface area (Å²) in [5.41, 5.74) is 2.44. The average molecular weight is 204 g/mol. The molecule has 0 spiro atoms. The van der Waals surface area contributed by atoms with Crippen LogP contribution in [0.5, 0.6) is 11.5 Å². The van der Waals surface area contributed by atoms with Crippen molar-refractivity contribution in [1.82, 2.24) is 5.48 Å². The van der Waals surface area contributed by atoms with Gasteiger partial charge in [0.15, 0.2) is 0 Å². The van der Waals surface area contributed by atoms with E-state index in [4.69, 9.17) is 21.5 Å². The van der Waals surface area contributed by atoms with E-state index in [0.29, 0.717) is 11.3 Å². The zero-order valence-corrected chi connectivity index (χ0v) is 7.80. The Labute approximate surface area is 80.7 Å². The number of halogens is 1. The number of rotatable bonds is 3. The molecule has 0 heterocycles. The van der Waals surface area contributed by atoms with Gasteiger partial charge >= 0.3 is 0 Å². The second kappa shape index (κ2) is 4.32. The predicted molar refractivity (Wildman–Crippen MR) is 48.3 cm³/mol. The number of nitrogens with one attached hydrogen (secondary N) is 1. The van der Waals surface area contributed by atoms with Crippen molar-refractivity contribution in [3.8, 4) is 11.5 Å². The van der Waals surface area contributed by atoms with Gasteiger partial charge in [-0.1, -0.05) is 17.7 Å². The van der Waals surface area contributed by atoms with Crippen LogP contribution in [0.15, 0.2) is 12.1 Å². The lowest BCUT2D eigenvalue weighted by molar-refractivity contribution is 0.160. The number of benzene rings is 1. The van der Waals surface area contributed by atoms with Gasteiger partial charge in [0.05, 0.1) is 7.11 Å². The molecule has 1 rings (SSSR count). The van der Waals surface area contributed by atoms with E-state index in [1.165, 1.54) is 7.11 Å². The van der Waals surface area contributed by atoms with E-state index in [-0.39, 0.29) is 17.3 Å². The van der Waals surface area contributed by atoms with E-state index in [2.05, 4.69) is 0 Å². The number of phenolic OH excluding ortho intramolecular Hbond substituents is 1. The van der Waals surface area contributed by atoms with Crippen LogP contribution in [0, 0.1) is 0 Å². The van der Waals surface area contributed by atoms with Crippen LogP contribution in [0.1, 0.15) is 5.56 Å². The number of hydroxylamine groups is 1. The first-order chi connectivity index (χ1) is 6.20. The SMILES string of the molecule is COc1ccc(CNO)c(O)c1Cl.